The SMILES string of the molecule is COc1ccc(C(C)(C)C(=O)NC2CC3(CC(NC(=O)CCl)C3)C2)cc1. The lowest BCUT2D eigenvalue weighted by molar-refractivity contribution is -0.130. The maximum Gasteiger partial charge on any atom is 0.235 e. The lowest BCUT2D eigenvalue weighted by Crippen LogP contribution is -2.62. The monoisotopic (exact) mass is 378 g/mol. The van der Waals surface area contributed by atoms with Gasteiger partial charge in [0.25, 0.3) is 0 Å². The minimum Gasteiger partial charge on any atom is -0.497 e. The molecule has 1 aromatic carbocycles. The molecule has 2 amide bonds. The first kappa shape index (κ1) is 19.0. The summed E-state index contributed by atoms with van der Waals surface area (Å²) in [6, 6.07) is 8.12. The van der Waals surface area contributed by atoms with Crippen LogP contribution in [0.25, 0.3) is 0 Å². The number of hydrogen-bond donors (Lipinski definition) is 2. The van der Waals surface area contributed by atoms with Crippen LogP contribution < -0.4 is 15.4 Å². The minimum absolute atomic E-state index is 0.0165. The first-order valence-corrected chi connectivity index (χ1v) is 9.62. The molecule has 1 aromatic rings. The van der Waals surface area contributed by atoms with E-state index in [1.807, 2.05) is 38.1 Å². The summed E-state index contributed by atoms with van der Waals surface area (Å²) >= 11 is 5.52. The van der Waals surface area contributed by atoms with Gasteiger partial charge < -0.3 is 15.4 Å². The Morgan fingerprint density at radius 2 is 1.65 bits per heavy atom. The zero-order chi connectivity index (χ0) is 18.9. The zero-order valence-corrected chi connectivity index (χ0v) is 16.4. The van der Waals surface area contributed by atoms with E-state index in [1.165, 1.54) is 0 Å². The highest BCUT2D eigenvalue weighted by Crippen LogP contribution is 2.56. The van der Waals surface area contributed by atoms with Crippen LogP contribution in [0, 0.1) is 5.41 Å². The van der Waals surface area contributed by atoms with Gasteiger partial charge in [-0.1, -0.05) is 12.1 Å². The fourth-order valence-corrected chi connectivity index (χ4v) is 4.36. The molecular weight excluding hydrogens is 352 g/mol. The Hall–Kier alpha value is -1.75. The number of alkyl halides is 1. The van der Waals surface area contributed by atoms with Gasteiger partial charge in [0.2, 0.25) is 11.8 Å². The molecule has 2 fully saturated rings. The number of methoxy groups -OCH3 is 1. The maximum atomic E-state index is 12.8. The Bertz CT molecular complexity index is 673. The molecule has 26 heavy (non-hydrogen) atoms. The predicted octanol–water partition coefficient (Wildman–Crippen LogP) is 2.76. The fourth-order valence-electron chi connectivity index (χ4n) is 4.28. The third-order valence-electron chi connectivity index (χ3n) is 5.92. The highest BCUT2D eigenvalue weighted by molar-refractivity contribution is 6.27. The Morgan fingerprint density at radius 1 is 1.12 bits per heavy atom. The van der Waals surface area contributed by atoms with E-state index in [0.717, 1.165) is 37.0 Å². The van der Waals surface area contributed by atoms with Gasteiger partial charge in [-0.2, -0.15) is 0 Å². The Balaban J connectivity index is 1.48. The minimum atomic E-state index is -0.592. The predicted molar refractivity (Wildman–Crippen MR) is 102 cm³/mol. The number of carbonyl (C=O) groups is 2. The van der Waals surface area contributed by atoms with Gasteiger partial charge in [-0.05, 0) is 62.6 Å². The molecule has 6 heteroatoms. The molecule has 3 rings (SSSR count). The van der Waals surface area contributed by atoms with Gasteiger partial charge >= 0.3 is 0 Å². The van der Waals surface area contributed by atoms with Gasteiger partial charge in [0.1, 0.15) is 11.6 Å². The lowest BCUT2D eigenvalue weighted by atomic mass is 9.52. The summed E-state index contributed by atoms with van der Waals surface area (Å²) in [6.07, 6.45) is 3.96. The van der Waals surface area contributed by atoms with Crippen molar-refractivity contribution in [1.82, 2.24) is 10.6 Å². The van der Waals surface area contributed by atoms with E-state index in [2.05, 4.69) is 10.6 Å². The number of ether oxygens (including phenoxy) is 1. The second kappa shape index (κ2) is 7.10. The molecule has 2 saturated carbocycles. The average Bonchev–Trinajstić information content (AvgIpc) is 2.57. The van der Waals surface area contributed by atoms with Gasteiger partial charge in [-0.3, -0.25) is 9.59 Å². The van der Waals surface area contributed by atoms with Gasteiger partial charge in [0.05, 0.1) is 12.5 Å². The number of amides is 2. The molecule has 0 radical (unpaired) electrons. The summed E-state index contributed by atoms with van der Waals surface area (Å²) in [5.74, 6) is 0.750. The van der Waals surface area contributed by atoms with Crippen LogP contribution in [0.1, 0.15) is 45.1 Å². The number of halogens is 1. The molecule has 0 aliphatic heterocycles. The van der Waals surface area contributed by atoms with Gasteiger partial charge in [-0.15, -0.1) is 11.6 Å². The van der Waals surface area contributed by atoms with Crippen molar-refractivity contribution in [2.45, 2.75) is 57.0 Å². The van der Waals surface area contributed by atoms with Crippen LogP contribution in [0.2, 0.25) is 0 Å². The number of carbonyl (C=O) groups excluding carboxylic acids is 2. The first-order valence-electron chi connectivity index (χ1n) is 9.09. The van der Waals surface area contributed by atoms with E-state index < -0.39 is 5.41 Å². The molecular formula is C20H27ClN2O3. The van der Waals surface area contributed by atoms with Crippen molar-refractivity contribution in [3.63, 3.8) is 0 Å². The van der Waals surface area contributed by atoms with Crippen molar-refractivity contribution in [3.05, 3.63) is 29.8 Å². The molecule has 0 heterocycles. The molecule has 5 nitrogen and oxygen atoms in total. The van der Waals surface area contributed by atoms with Crippen LogP contribution in [0.3, 0.4) is 0 Å². The molecule has 142 valence electrons. The molecule has 2 N–H and O–H groups in total. The van der Waals surface area contributed by atoms with Crippen LogP contribution in [0.5, 0.6) is 5.75 Å². The summed E-state index contributed by atoms with van der Waals surface area (Å²) < 4.78 is 5.18. The lowest BCUT2D eigenvalue weighted by Gasteiger charge is -2.58. The fraction of sp³-hybridized carbons (Fsp3) is 0.600. The highest BCUT2D eigenvalue weighted by atomic mass is 35.5. The van der Waals surface area contributed by atoms with Crippen molar-refractivity contribution >= 4 is 23.4 Å². The van der Waals surface area contributed by atoms with Gasteiger partial charge in [0, 0.05) is 12.1 Å². The van der Waals surface area contributed by atoms with E-state index in [9.17, 15) is 9.59 Å². The first-order chi connectivity index (χ1) is 12.3. The molecule has 0 saturated heterocycles. The van der Waals surface area contributed by atoms with Crippen LogP contribution in [-0.2, 0) is 15.0 Å². The number of hydrogen-bond acceptors (Lipinski definition) is 3. The quantitative estimate of drug-likeness (QED) is 0.748. The van der Waals surface area contributed by atoms with E-state index in [1.54, 1.807) is 7.11 Å². The normalized spacial score (nSPS) is 27.2. The van der Waals surface area contributed by atoms with Crippen LogP contribution in [-0.4, -0.2) is 36.9 Å². The molecule has 0 aromatic heterocycles. The van der Waals surface area contributed by atoms with E-state index in [-0.39, 0.29) is 29.8 Å². The highest BCUT2D eigenvalue weighted by Gasteiger charge is 2.53. The van der Waals surface area contributed by atoms with Crippen molar-refractivity contribution in [1.29, 1.82) is 0 Å². The number of nitrogens with one attached hydrogen (secondary N) is 2. The summed E-state index contributed by atoms with van der Waals surface area (Å²) in [5, 5.41) is 6.13. The molecule has 0 bridgehead atoms. The Morgan fingerprint density at radius 3 is 2.15 bits per heavy atom. The maximum absolute atomic E-state index is 12.8. The number of rotatable bonds is 6. The van der Waals surface area contributed by atoms with Gasteiger partial charge in [-0.25, -0.2) is 0 Å². The second-order valence-electron chi connectivity index (χ2n) is 8.24. The standard InChI is InChI=1S/C20H27ClN2O3/c1-19(2,13-4-6-16(26-3)7-5-13)18(25)23-15-10-20(11-15)8-14(9-20)22-17(24)12-21/h4-7,14-15H,8-12H2,1-3H3,(H,22,24)(H,23,25). The second-order valence-corrected chi connectivity index (χ2v) is 8.51. The van der Waals surface area contributed by atoms with Crippen LogP contribution in [0.15, 0.2) is 24.3 Å². The summed E-state index contributed by atoms with van der Waals surface area (Å²) in [5.41, 5.74) is 0.676. The van der Waals surface area contributed by atoms with Crippen molar-refractivity contribution in [2.24, 2.45) is 5.41 Å². The summed E-state index contributed by atoms with van der Waals surface area (Å²) in [4.78, 5) is 24.1. The molecule has 0 atom stereocenters. The molecule has 0 unspecified atom stereocenters. The van der Waals surface area contributed by atoms with E-state index >= 15 is 0 Å². The van der Waals surface area contributed by atoms with Crippen molar-refractivity contribution in [2.75, 3.05) is 13.0 Å². The molecule has 2 aliphatic carbocycles. The zero-order valence-electron chi connectivity index (χ0n) is 15.6. The molecule has 2 aliphatic rings. The average molecular weight is 379 g/mol. The molecule has 1 spiro atoms. The van der Waals surface area contributed by atoms with E-state index in [0.29, 0.717) is 5.41 Å². The third-order valence-corrected chi connectivity index (χ3v) is 6.16. The van der Waals surface area contributed by atoms with E-state index in [4.69, 9.17) is 16.3 Å². The number of benzene rings is 1. The van der Waals surface area contributed by atoms with Crippen molar-refractivity contribution in [3.8, 4) is 5.75 Å². The van der Waals surface area contributed by atoms with Crippen LogP contribution >= 0.6 is 11.6 Å². The van der Waals surface area contributed by atoms with Gasteiger partial charge in [0.15, 0.2) is 0 Å². The topological polar surface area (TPSA) is 67.4 Å². The van der Waals surface area contributed by atoms with Crippen molar-refractivity contribution < 1.29 is 14.3 Å². The smallest absolute Gasteiger partial charge is 0.235 e. The largest absolute Gasteiger partial charge is 0.497 e. The Labute approximate surface area is 159 Å². The summed E-state index contributed by atoms with van der Waals surface area (Å²) in [7, 11) is 1.63. The Kier molecular flexibility index (Phi) is 5.20. The summed E-state index contributed by atoms with van der Waals surface area (Å²) in [6.45, 7) is 3.89. The third kappa shape index (κ3) is 3.68. The van der Waals surface area contributed by atoms with Crippen LogP contribution in [0.4, 0.5) is 0 Å².